The van der Waals surface area contributed by atoms with E-state index in [1.54, 1.807) is 18.2 Å². The highest BCUT2D eigenvalue weighted by Crippen LogP contribution is 2.37. The van der Waals surface area contributed by atoms with Crippen molar-refractivity contribution in [3.05, 3.63) is 90.7 Å². The van der Waals surface area contributed by atoms with Gasteiger partial charge < -0.3 is 9.47 Å². The summed E-state index contributed by atoms with van der Waals surface area (Å²) in [5.74, 6) is 1.26. The Morgan fingerprint density at radius 2 is 1.86 bits per heavy atom. The average Bonchev–Trinajstić information content (AvgIpc) is 2.91. The van der Waals surface area contributed by atoms with Gasteiger partial charge in [-0.05, 0) is 66.6 Å². The molecule has 0 atom stereocenters. The number of fused-ring (bicyclic) bond motifs is 1. The van der Waals surface area contributed by atoms with Crippen LogP contribution in [-0.4, -0.2) is 34.0 Å². The Hall–Kier alpha value is -4.24. The van der Waals surface area contributed by atoms with Crippen molar-refractivity contribution in [3.63, 3.8) is 0 Å². The molecule has 0 N–H and O–H groups in total. The maximum atomic E-state index is 13.7. The third-order valence-corrected chi connectivity index (χ3v) is 6.77. The Labute approximate surface area is 249 Å². The van der Waals surface area contributed by atoms with Gasteiger partial charge in [0.05, 0.1) is 40.3 Å². The number of hydrogen-bond acceptors (Lipinski definition) is 7. The molecule has 220 valence electrons. The normalized spacial score (nSPS) is 11.9. The summed E-state index contributed by atoms with van der Waals surface area (Å²) in [6.07, 6.45) is 1.36. The molecule has 4 aromatic rings. The first-order chi connectivity index (χ1) is 19.8. The molecule has 9 nitrogen and oxygen atoms in total. The van der Waals surface area contributed by atoms with Gasteiger partial charge >= 0.3 is 5.69 Å². The molecule has 0 aliphatic carbocycles. The molecular weight excluding hydrogens is 556 g/mol. The highest BCUT2D eigenvalue weighted by atomic mass is 35.5. The summed E-state index contributed by atoms with van der Waals surface area (Å²) < 4.78 is 12.8. The zero-order valence-corrected chi connectivity index (χ0v) is 25.7. The number of hydrogen-bond donors (Lipinski definition) is 0. The smallest absolute Gasteiger partial charge is 0.313 e. The van der Waals surface area contributed by atoms with Crippen LogP contribution in [0.4, 0.5) is 5.69 Å². The molecule has 1 aromatic heterocycles. The van der Waals surface area contributed by atoms with Gasteiger partial charge in [-0.3, -0.25) is 14.9 Å². The number of ether oxygens (including phenoxy) is 2. The Balaban J connectivity index is 1.90. The topological polar surface area (TPSA) is 109 Å². The maximum Gasteiger partial charge on any atom is 0.313 e. The van der Waals surface area contributed by atoms with Gasteiger partial charge in [-0.2, -0.15) is 9.78 Å². The molecule has 0 radical (unpaired) electrons. The van der Waals surface area contributed by atoms with E-state index >= 15 is 0 Å². The van der Waals surface area contributed by atoms with Crippen LogP contribution in [0.25, 0.3) is 22.3 Å². The molecule has 0 fully saturated rings. The molecule has 0 amide bonds. The van der Waals surface area contributed by atoms with Crippen LogP contribution in [0.2, 0.25) is 5.02 Å². The zero-order valence-electron chi connectivity index (χ0n) is 24.9. The summed E-state index contributed by atoms with van der Waals surface area (Å²) in [5, 5.41) is 16.9. The molecule has 42 heavy (non-hydrogen) atoms. The Bertz CT molecular complexity index is 1740. The monoisotopic (exact) mass is 590 g/mol. The number of aromatic nitrogens is 2. The lowest BCUT2D eigenvalue weighted by atomic mass is 9.96. The van der Waals surface area contributed by atoms with Crippen LogP contribution in [-0.2, 0) is 0 Å². The van der Waals surface area contributed by atoms with Gasteiger partial charge in [0, 0.05) is 17.2 Å². The quantitative estimate of drug-likeness (QED) is 0.112. The van der Waals surface area contributed by atoms with E-state index in [1.165, 1.54) is 23.0 Å². The molecule has 0 bridgehead atoms. The fourth-order valence-corrected chi connectivity index (χ4v) is 4.72. The molecule has 0 saturated carbocycles. The zero-order chi connectivity index (χ0) is 30.8. The molecule has 0 saturated heterocycles. The molecule has 10 heteroatoms. The predicted molar refractivity (Wildman–Crippen MR) is 167 cm³/mol. The van der Waals surface area contributed by atoms with E-state index in [2.05, 4.69) is 18.9 Å². The molecule has 0 spiro atoms. The first-order valence-corrected chi connectivity index (χ1v) is 14.1. The number of nitro benzene ring substituents is 1. The highest BCUT2D eigenvalue weighted by Gasteiger charge is 2.23. The molecule has 4 rings (SSSR count). The standard InChI is InChI=1S/C32H35ClN4O5/c1-8-41-28-13-20(4)24(16-23(28)19(2)3)30-35-26-12-10-9-11-22(26)31(38)36(30)34-17-21-14-25(33)29(27(15-21)37(39)40)42-18-32(5,6)7/h9-17,19H,8,18H2,1-7H3. The average molecular weight is 591 g/mol. The fourth-order valence-electron chi connectivity index (χ4n) is 4.44. The van der Waals surface area contributed by atoms with E-state index in [4.69, 9.17) is 26.1 Å². The minimum Gasteiger partial charge on any atom is -0.494 e. The first kappa shape index (κ1) is 30.7. The SMILES string of the molecule is CCOc1cc(C)c(-c2nc3ccccc3c(=O)n2N=Cc2cc(Cl)c(OCC(C)(C)C)c([N+](=O)[O-])c2)cc1C(C)C. The van der Waals surface area contributed by atoms with Crippen LogP contribution in [0.5, 0.6) is 11.5 Å². The van der Waals surface area contributed by atoms with Gasteiger partial charge in [-0.25, -0.2) is 4.98 Å². The first-order valence-electron chi connectivity index (χ1n) is 13.7. The lowest BCUT2D eigenvalue weighted by Crippen LogP contribution is -2.21. The van der Waals surface area contributed by atoms with Crippen LogP contribution in [0.1, 0.15) is 64.2 Å². The van der Waals surface area contributed by atoms with E-state index in [0.717, 1.165) is 22.4 Å². The van der Waals surface area contributed by atoms with Crippen molar-refractivity contribution in [1.29, 1.82) is 0 Å². The number of aryl methyl sites for hydroxylation is 1. The number of benzene rings is 3. The van der Waals surface area contributed by atoms with Crippen molar-refractivity contribution in [3.8, 4) is 22.9 Å². The maximum absolute atomic E-state index is 13.7. The summed E-state index contributed by atoms with van der Waals surface area (Å²) in [6.45, 7) is 14.6. The van der Waals surface area contributed by atoms with Crippen LogP contribution in [0.15, 0.2) is 58.4 Å². The minimum absolute atomic E-state index is 0.00908. The third kappa shape index (κ3) is 6.62. The largest absolute Gasteiger partial charge is 0.494 e. The van der Waals surface area contributed by atoms with Crippen molar-refractivity contribution in [2.75, 3.05) is 13.2 Å². The lowest BCUT2D eigenvalue weighted by molar-refractivity contribution is -0.385. The highest BCUT2D eigenvalue weighted by molar-refractivity contribution is 6.32. The summed E-state index contributed by atoms with van der Waals surface area (Å²) in [7, 11) is 0. The van der Waals surface area contributed by atoms with E-state index in [1.807, 2.05) is 52.8 Å². The molecular formula is C32H35ClN4O5. The molecule has 0 unspecified atom stereocenters. The van der Waals surface area contributed by atoms with E-state index in [9.17, 15) is 14.9 Å². The Morgan fingerprint density at radius 3 is 2.50 bits per heavy atom. The van der Waals surface area contributed by atoms with E-state index in [-0.39, 0.29) is 40.0 Å². The van der Waals surface area contributed by atoms with Gasteiger partial charge in [0.25, 0.3) is 5.56 Å². The molecule has 3 aromatic carbocycles. The summed E-state index contributed by atoms with van der Waals surface area (Å²) in [5.41, 5.74) is 2.51. The number of rotatable bonds is 9. The fraction of sp³-hybridized carbons (Fsp3) is 0.344. The summed E-state index contributed by atoms with van der Waals surface area (Å²) in [4.78, 5) is 29.9. The van der Waals surface area contributed by atoms with Crippen molar-refractivity contribution in [2.45, 2.75) is 54.4 Å². The van der Waals surface area contributed by atoms with Crippen molar-refractivity contribution >= 4 is 34.4 Å². The lowest BCUT2D eigenvalue weighted by Gasteiger charge is -2.19. The molecule has 0 aliphatic heterocycles. The number of nitrogens with zero attached hydrogens (tertiary/aromatic N) is 4. The summed E-state index contributed by atoms with van der Waals surface area (Å²) >= 11 is 6.45. The van der Waals surface area contributed by atoms with Crippen molar-refractivity contribution in [2.24, 2.45) is 10.5 Å². The Morgan fingerprint density at radius 1 is 1.14 bits per heavy atom. The van der Waals surface area contributed by atoms with Crippen molar-refractivity contribution in [1.82, 2.24) is 9.66 Å². The number of nitro groups is 1. The van der Waals surface area contributed by atoms with Gasteiger partial charge in [-0.1, -0.05) is 58.4 Å². The third-order valence-electron chi connectivity index (χ3n) is 6.49. The van der Waals surface area contributed by atoms with Gasteiger partial charge in [0.2, 0.25) is 5.75 Å². The van der Waals surface area contributed by atoms with Gasteiger partial charge in [-0.15, -0.1) is 0 Å². The van der Waals surface area contributed by atoms with Crippen LogP contribution >= 0.6 is 11.6 Å². The second kappa shape index (κ2) is 12.3. The van der Waals surface area contributed by atoms with Gasteiger partial charge in [0.15, 0.2) is 5.82 Å². The van der Waals surface area contributed by atoms with E-state index < -0.39 is 4.92 Å². The van der Waals surface area contributed by atoms with Crippen LogP contribution in [0.3, 0.4) is 0 Å². The van der Waals surface area contributed by atoms with Gasteiger partial charge in [0.1, 0.15) is 5.75 Å². The van der Waals surface area contributed by atoms with Crippen LogP contribution < -0.4 is 15.0 Å². The van der Waals surface area contributed by atoms with E-state index in [0.29, 0.717) is 28.9 Å². The van der Waals surface area contributed by atoms with Crippen LogP contribution in [0, 0.1) is 22.5 Å². The second-order valence-electron chi connectivity index (χ2n) is 11.6. The molecule has 1 heterocycles. The number of para-hydroxylation sites is 1. The minimum atomic E-state index is -0.548. The second-order valence-corrected chi connectivity index (χ2v) is 12.0. The summed E-state index contributed by atoms with van der Waals surface area (Å²) in [6, 6.07) is 13.8. The van der Waals surface area contributed by atoms with Crippen molar-refractivity contribution < 1.29 is 14.4 Å². The predicted octanol–water partition coefficient (Wildman–Crippen LogP) is 7.76. The number of halogens is 1. The molecule has 0 aliphatic rings. The Kier molecular flexibility index (Phi) is 9.01.